The van der Waals surface area contributed by atoms with E-state index >= 15 is 0 Å². The zero-order valence-electron chi connectivity index (χ0n) is 9.89. The predicted octanol–water partition coefficient (Wildman–Crippen LogP) is 1.67. The average Bonchev–Trinajstić information content (AvgIpc) is 2.62. The third-order valence-electron chi connectivity index (χ3n) is 2.52. The highest BCUT2D eigenvalue weighted by Gasteiger charge is 2.30. The second-order valence-electron chi connectivity index (χ2n) is 3.91. The van der Waals surface area contributed by atoms with Gasteiger partial charge in [-0.15, -0.1) is 0 Å². The van der Waals surface area contributed by atoms with Crippen LogP contribution >= 0.6 is 0 Å². The molecular weight excluding hydrogens is 297 g/mol. The van der Waals surface area contributed by atoms with E-state index in [1.165, 1.54) is 0 Å². The summed E-state index contributed by atoms with van der Waals surface area (Å²) in [6.45, 7) is -0.195. The summed E-state index contributed by atoms with van der Waals surface area (Å²) in [7, 11) is -3.81. The Kier molecular flexibility index (Phi) is 3.46. The molecule has 0 spiro atoms. The zero-order valence-corrected chi connectivity index (χ0v) is 10.7. The molecule has 0 fully saturated rings. The van der Waals surface area contributed by atoms with E-state index in [1.54, 1.807) is 0 Å². The molecule has 0 saturated carbocycles. The Morgan fingerprint density at radius 2 is 1.80 bits per heavy atom. The number of sulfonamides is 1. The Bertz CT molecular complexity index is 676. The minimum Gasteiger partial charge on any atom is -0.489 e. The van der Waals surface area contributed by atoms with E-state index in [4.69, 9.17) is 10.5 Å². The van der Waals surface area contributed by atoms with Gasteiger partial charge in [0.15, 0.2) is 5.03 Å². The SMILES string of the molecule is NC1=C(COc2ccc(C(F)(F)F)cc2)C=NS1(=O)=O. The van der Waals surface area contributed by atoms with Crippen LogP contribution in [0.1, 0.15) is 5.56 Å². The number of hydrogen-bond acceptors (Lipinski definition) is 4. The van der Waals surface area contributed by atoms with Crippen molar-refractivity contribution in [2.24, 2.45) is 10.1 Å². The van der Waals surface area contributed by atoms with Crippen LogP contribution in [0.2, 0.25) is 0 Å². The first-order chi connectivity index (χ1) is 9.20. The fourth-order valence-corrected chi connectivity index (χ4v) is 2.25. The number of ether oxygens (including phenoxy) is 1. The van der Waals surface area contributed by atoms with Gasteiger partial charge < -0.3 is 10.5 Å². The Morgan fingerprint density at radius 1 is 1.20 bits per heavy atom. The number of alkyl halides is 3. The molecule has 0 atom stereocenters. The van der Waals surface area contributed by atoms with Crippen LogP contribution in [0.5, 0.6) is 5.75 Å². The molecule has 0 saturated heterocycles. The molecule has 2 N–H and O–H groups in total. The maximum absolute atomic E-state index is 12.3. The number of rotatable bonds is 3. The molecule has 0 radical (unpaired) electrons. The highest BCUT2D eigenvalue weighted by Crippen LogP contribution is 2.30. The van der Waals surface area contributed by atoms with Crippen molar-refractivity contribution in [3.05, 3.63) is 40.4 Å². The van der Waals surface area contributed by atoms with Gasteiger partial charge in [-0.05, 0) is 24.3 Å². The molecular formula is C11H9F3N2O3S. The fourth-order valence-electron chi connectivity index (χ4n) is 1.43. The van der Waals surface area contributed by atoms with Crippen LogP contribution < -0.4 is 10.5 Å². The number of nitrogens with zero attached hydrogens (tertiary/aromatic N) is 1. The van der Waals surface area contributed by atoms with Gasteiger partial charge in [0.1, 0.15) is 12.4 Å². The second-order valence-corrected chi connectivity index (χ2v) is 5.51. The van der Waals surface area contributed by atoms with Crippen LogP contribution in [-0.2, 0) is 16.2 Å². The van der Waals surface area contributed by atoms with Crippen molar-refractivity contribution in [3.8, 4) is 5.75 Å². The van der Waals surface area contributed by atoms with E-state index < -0.39 is 26.8 Å². The molecule has 0 aliphatic carbocycles. The number of halogens is 3. The van der Waals surface area contributed by atoms with Crippen molar-refractivity contribution >= 4 is 16.2 Å². The summed E-state index contributed by atoms with van der Waals surface area (Å²) in [6.07, 6.45) is -3.37. The van der Waals surface area contributed by atoms with E-state index in [-0.39, 0.29) is 17.9 Å². The summed E-state index contributed by atoms with van der Waals surface area (Å²) in [4.78, 5) is 0. The van der Waals surface area contributed by atoms with Crippen LogP contribution in [0.3, 0.4) is 0 Å². The summed E-state index contributed by atoms with van der Waals surface area (Å²) >= 11 is 0. The molecule has 0 unspecified atom stereocenters. The normalized spacial score (nSPS) is 17.6. The van der Waals surface area contributed by atoms with Gasteiger partial charge in [-0.2, -0.15) is 26.0 Å². The Labute approximate surface area is 112 Å². The van der Waals surface area contributed by atoms with Crippen molar-refractivity contribution in [2.45, 2.75) is 6.18 Å². The molecule has 1 heterocycles. The lowest BCUT2D eigenvalue weighted by Crippen LogP contribution is -2.12. The third-order valence-corrected chi connectivity index (χ3v) is 3.72. The average molecular weight is 306 g/mol. The first-order valence-electron chi connectivity index (χ1n) is 5.29. The molecule has 1 aliphatic heterocycles. The highest BCUT2D eigenvalue weighted by molar-refractivity contribution is 7.94. The molecule has 1 aromatic carbocycles. The lowest BCUT2D eigenvalue weighted by molar-refractivity contribution is -0.137. The lowest BCUT2D eigenvalue weighted by atomic mass is 10.2. The molecule has 5 nitrogen and oxygen atoms in total. The van der Waals surface area contributed by atoms with Crippen LogP contribution in [0.15, 0.2) is 39.3 Å². The van der Waals surface area contributed by atoms with Gasteiger partial charge in [-0.25, -0.2) is 0 Å². The Morgan fingerprint density at radius 3 is 2.25 bits per heavy atom. The lowest BCUT2D eigenvalue weighted by Gasteiger charge is -2.09. The molecule has 20 heavy (non-hydrogen) atoms. The molecule has 1 aromatic rings. The molecule has 2 rings (SSSR count). The number of nitrogens with two attached hydrogens (primary N) is 1. The topological polar surface area (TPSA) is 81.8 Å². The second kappa shape index (κ2) is 4.82. The van der Waals surface area contributed by atoms with Crippen molar-refractivity contribution in [1.29, 1.82) is 0 Å². The van der Waals surface area contributed by atoms with Crippen LogP contribution in [-0.4, -0.2) is 21.2 Å². The van der Waals surface area contributed by atoms with Gasteiger partial charge in [0.05, 0.1) is 11.8 Å². The van der Waals surface area contributed by atoms with E-state index in [2.05, 4.69) is 4.40 Å². The maximum Gasteiger partial charge on any atom is 0.416 e. The van der Waals surface area contributed by atoms with Crippen molar-refractivity contribution in [3.63, 3.8) is 0 Å². The van der Waals surface area contributed by atoms with Gasteiger partial charge in [-0.1, -0.05) is 0 Å². The number of benzene rings is 1. The molecule has 108 valence electrons. The van der Waals surface area contributed by atoms with Crippen molar-refractivity contribution in [1.82, 2.24) is 0 Å². The van der Waals surface area contributed by atoms with Crippen LogP contribution in [0, 0.1) is 0 Å². The largest absolute Gasteiger partial charge is 0.489 e. The highest BCUT2D eigenvalue weighted by atomic mass is 32.2. The summed E-state index contributed by atoms with van der Waals surface area (Å²) in [5.41, 5.74) is 4.70. The quantitative estimate of drug-likeness (QED) is 0.921. The Balaban J connectivity index is 2.06. The van der Waals surface area contributed by atoms with Gasteiger partial charge in [0.2, 0.25) is 0 Å². The van der Waals surface area contributed by atoms with Crippen molar-refractivity contribution in [2.75, 3.05) is 6.61 Å². The smallest absolute Gasteiger partial charge is 0.416 e. The van der Waals surface area contributed by atoms with Gasteiger partial charge >= 0.3 is 6.18 Å². The maximum atomic E-state index is 12.3. The fraction of sp³-hybridized carbons (Fsp3) is 0.182. The molecule has 0 aromatic heterocycles. The van der Waals surface area contributed by atoms with E-state index in [9.17, 15) is 21.6 Å². The minimum absolute atomic E-state index is 0.157. The van der Waals surface area contributed by atoms with Gasteiger partial charge in [-0.3, -0.25) is 0 Å². The molecule has 0 bridgehead atoms. The standard InChI is InChI=1S/C11H9F3N2O3S/c12-11(13,14)8-1-3-9(4-2-8)19-6-7-5-16-20(17,18)10(7)15/h1-5H,6,15H2. The van der Waals surface area contributed by atoms with Crippen molar-refractivity contribution < 1.29 is 26.3 Å². The summed E-state index contributed by atoms with van der Waals surface area (Å²) < 4.78 is 67.7. The minimum atomic E-state index is -4.42. The predicted molar refractivity (Wildman–Crippen MR) is 65.6 cm³/mol. The van der Waals surface area contributed by atoms with E-state index in [0.717, 1.165) is 30.5 Å². The first kappa shape index (κ1) is 14.4. The molecule has 1 aliphatic rings. The van der Waals surface area contributed by atoms with E-state index in [0.29, 0.717) is 0 Å². The zero-order chi connectivity index (χ0) is 15.0. The Hall–Kier alpha value is -2.03. The van der Waals surface area contributed by atoms with Gasteiger partial charge in [0.25, 0.3) is 10.0 Å². The number of hydrogen-bond donors (Lipinski definition) is 1. The third kappa shape index (κ3) is 2.93. The van der Waals surface area contributed by atoms with Gasteiger partial charge in [0, 0.05) is 5.57 Å². The molecule has 0 amide bonds. The summed E-state index contributed by atoms with van der Waals surface area (Å²) in [5.74, 6) is 0.163. The van der Waals surface area contributed by atoms with E-state index in [1.807, 2.05) is 0 Å². The van der Waals surface area contributed by atoms with Crippen LogP contribution in [0.4, 0.5) is 13.2 Å². The summed E-state index contributed by atoms with van der Waals surface area (Å²) in [6, 6.07) is 4.01. The monoisotopic (exact) mass is 306 g/mol. The summed E-state index contributed by atoms with van der Waals surface area (Å²) in [5, 5.41) is -0.413. The first-order valence-corrected chi connectivity index (χ1v) is 6.73. The molecule has 9 heteroatoms. The van der Waals surface area contributed by atoms with Crippen LogP contribution in [0.25, 0.3) is 0 Å².